The van der Waals surface area contributed by atoms with Gasteiger partial charge in [-0.3, -0.25) is 9.59 Å². The fourth-order valence-electron chi connectivity index (χ4n) is 4.02. The Bertz CT molecular complexity index is 944. The third-order valence-corrected chi connectivity index (χ3v) is 5.93. The largest absolute Gasteiger partial charge is 0.493 e. The average Bonchev–Trinajstić information content (AvgIpc) is 3.13. The summed E-state index contributed by atoms with van der Waals surface area (Å²) in [7, 11) is 0. The lowest BCUT2D eigenvalue weighted by Crippen LogP contribution is -2.35. The van der Waals surface area contributed by atoms with E-state index >= 15 is 0 Å². The van der Waals surface area contributed by atoms with E-state index in [-0.39, 0.29) is 17.9 Å². The Labute approximate surface area is 176 Å². The lowest BCUT2D eigenvalue weighted by molar-refractivity contribution is -0.128. The molecule has 0 radical (unpaired) electrons. The number of likely N-dealkylation sites (tertiary alicyclic amines) is 1. The second kappa shape index (κ2) is 8.46. The van der Waals surface area contributed by atoms with Crippen LogP contribution in [0.5, 0.6) is 5.75 Å². The highest BCUT2D eigenvalue weighted by atomic mass is 35.5. The summed E-state index contributed by atoms with van der Waals surface area (Å²) in [6.45, 7) is 3.84. The van der Waals surface area contributed by atoms with E-state index in [1.807, 2.05) is 31.2 Å². The van der Waals surface area contributed by atoms with Crippen LogP contribution in [0.15, 0.2) is 36.4 Å². The fraction of sp³-hybridized carbons (Fsp3) is 0.391. The number of carbonyl (C=O) groups excluding carboxylic acids is 2. The predicted octanol–water partition coefficient (Wildman–Crippen LogP) is 4.27. The summed E-state index contributed by atoms with van der Waals surface area (Å²) in [4.78, 5) is 26.0. The summed E-state index contributed by atoms with van der Waals surface area (Å²) < 4.78 is 5.80. The van der Waals surface area contributed by atoms with Gasteiger partial charge in [0.15, 0.2) is 0 Å². The highest BCUT2D eigenvalue weighted by Crippen LogP contribution is 2.37. The second-order valence-corrected chi connectivity index (χ2v) is 8.13. The van der Waals surface area contributed by atoms with Crippen LogP contribution in [0.2, 0.25) is 5.02 Å². The van der Waals surface area contributed by atoms with E-state index in [0.29, 0.717) is 37.4 Å². The maximum absolute atomic E-state index is 12.5. The summed E-state index contributed by atoms with van der Waals surface area (Å²) in [5.41, 5.74) is 4.08. The molecule has 1 fully saturated rings. The second-order valence-electron chi connectivity index (χ2n) is 7.73. The van der Waals surface area contributed by atoms with Crippen molar-refractivity contribution in [2.75, 3.05) is 19.7 Å². The Morgan fingerprint density at radius 2 is 2.14 bits per heavy atom. The minimum atomic E-state index is -0.107. The first-order valence-corrected chi connectivity index (χ1v) is 10.5. The zero-order chi connectivity index (χ0) is 20.4. The fourth-order valence-corrected chi connectivity index (χ4v) is 4.24. The van der Waals surface area contributed by atoms with Gasteiger partial charge >= 0.3 is 0 Å². The molecule has 2 aromatic rings. The van der Waals surface area contributed by atoms with E-state index in [4.69, 9.17) is 16.3 Å². The number of hydrogen-bond acceptors (Lipinski definition) is 3. The van der Waals surface area contributed by atoms with Gasteiger partial charge in [-0.15, -0.1) is 0 Å². The van der Waals surface area contributed by atoms with Crippen molar-refractivity contribution in [1.29, 1.82) is 0 Å². The van der Waals surface area contributed by atoms with Gasteiger partial charge in [-0.2, -0.15) is 0 Å². The van der Waals surface area contributed by atoms with Gasteiger partial charge in [0.1, 0.15) is 5.75 Å². The first kappa shape index (κ1) is 19.8. The molecule has 0 aliphatic carbocycles. The maximum Gasteiger partial charge on any atom is 0.222 e. The van der Waals surface area contributed by atoms with Crippen LogP contribution in [-0.2, 0) is 9.59 Å². The molecule has 2 amide bonds. The summed E-state index contributed by atoms with van der Waals surface area (Å²) in [6.07, 6.45) is 2.52. The first-order chi connectivity index (χ1) is 14.0. The normalized spacial score (nSPS) is 18.3. The lowest BCUT2D eigenvalue weighted by atomic mass is 9.94. The first-order valence-electron chi connectivity index (χ1n) is 10.1. The predicted molar refractivity (Wildman–Crippen MR) is 113 cm³/mol. The number of carbonyl (C=O) groups is 2. The highest BCUT2D eigenvalue weighted by molar-refractivity contribution is 6.33. The Kier molecular flexibility index (Phi) is 5.76. The van der Waals surface area contributed by atoms with Crippen molar-refractivity contribution in [2.24, 2.45) is 0 Å². The van der Waals surface area contributed by atoms with E-state index in [9.17, 15) is 9.59 Å². The van der Waals surface area contributed by atoms with Crippen molar-refractivity contribution in [2.45, 2.75) is 38.6 Å². The third kappa shape index (κ3) is 4.40. The van der Waals surface area contributed by atoms with Gasteiger partial charge in [0.2, 0.25) is 11.8 Å². The minimum Gasteiger partial charge on any atom is -0.493 e. The number of halogens is 1. The summed E-state index contributed by atoms with van der Waals surface area (Å²) in [6, 6.07) is 11.9. The molecule has 152 valence electrons. The summed E-state index contributed by atoms with van der Waals surface area (Å²) in [5, 5.41) is 3.83. The Hall–Kier alpha value is -2.53. The molecule has 1 atom stereocenters. The molecule has 4 rings (SSSR count). The van der Waals surface area contributed by atoms with E-state index in [0.717, 1.165) is 41.0 Å². The molecule has 0 saturated carbocycles. The molecule has 5 nitrogen and oxygen atoms in total. The van der Waals surface area contributed by atoms with Crippen LogP contribution in [0.1, 0.15) is 42.9 Å². The van der Waals surface area contributed by atoms with Crippen LogP contribution in [0.25, 0.3) is 11.1 Å². The SMILES string of the molecule is Cc1ccc(Cl)c(-c2ccc3c(c2)C(NC(=O)CCN2CCCC2=O)CCO3)c1. The van der Waals surface area contributed by atoms with Crippen molar-refractivity contribution in [3.05, 3.63) is 52.5 Å². The van der Waals surface area contributed by atoms with Crippen LogP contribution >= 0.6 is 11.6 Å². The van der Waals surface area contributed by atoms with Crippen LogP contribution in [-0.4, -0.2) is 36.4 Å². The Balaban J connectivity index is 1.50. The smallest absolute Gasteiger partial charge is 0.222 e. The summed E-state index contributed by atoms with van der Waals surface area (Å²) >= 11 is 6.42. The van der Waals surface area contributed by atoms with Gasteiger partial charge < -0.3 is 15.0 Å². The van der Waals surface area contributed by atoms with Gasteiger partial charge in [-0.1, -0.05) is 29.3 Å². The number of rotatable bonds is 5. The third-order valence-electron chi connectivity index (χ3n) is 5.60. The molecule has 29 heavy (non-hydrogen) atoms. The minimum absolute atomic E-state index is 0.0402. The topological polar surface area (TPSA) is 58.6 Å². The number of aryl methyl sites for hydroxylation is 1. The average molecular weight is 413 g/mol. The van der Waals surface area contributed by atoms with Crippen molar-refractivity contribution < 1.29 is 14.3 Å². The van der Waals surface area contributed by atoms with E-state index in [1.165, 1.54) is 0 Å². The standard InChI is InChI=1S/C23H25ClN2O3/c1-15-4-6-19(24)17(13-15)16-5-7-21-18(14-16)20(9-12-29-21)25-22(27)8-11-26-10-2-3-23(26)28/h4-7,13-14,20H,2-3,8-12H2,1H3,(H,25,27). The van der Waals surface area contributed by atoms with Crippen molar-refractivity contribution in [3.63, 3.8) is 0 Å². The lowest BCUT2D eigenvalue weighted by Gasteiger charge is -2.28. The number of nitrogens with zero attached hydrogens (tertiary/aromatic N) is 1. The van der Waals surface area contributed by atoms with Gasteiger partial charge in [-0.05, 0) is 43.2 Å². The number of benzene rings is 2. The molecule has 2 aliphatic rings. The van der Waals surface area contributed by atoms with E-state index < -0.39 is 0 Å². The zero-order valence-corrected chi connectivity index (χ0v) is 17.3. The molecule has 1 unspecified atom stereocenters. The molecule has 2 aromatic carbocycles. The molecule has 0 bridgehead atoms. The maximum atomic E-state index is 12.5. The van der Waals surface area contributed by atoms with Crippen LogP contribution in [0.4, 0.5) is 0 Å². The molecule has 0 spiro atoms. The molecular formula is C23H25ClN2O3. The number of fused-ring (bicyclic) bond motifs is 1. The summed E-state index contributed by atoms with van der Waals surface area (Å²) in [5.74, 6) is 0.902. The highest BCUT2D eigenvalue weighted by Gasteiger charge is 2.25. The monoisotopic (exact) mass is 412 g/mol. The number of amides is 2. The van der Waals surface area contributed by atoms with Crippen LogP contribution in [0, 0.1) is 6.92 Å². The molecule has 0 aromatic heterocycles. The van der Waals surface area contributed by atoms with Crippen molar-refractivity contribution in [1.82, 2.24) is 10.2 Å². The van der Waals surface area contributed by atoms with Crippen molar-refractivity contribution >= 4 is 23.4 Å². The number of hydrogen-bond donors (Lipinski definition) is 1. The molecule has 6 heteroatoms. The van der Waals surface area contributed by atoms with Crippen LogP contribution in [0.3, 0.4) is 0 Å². The van der Waals surface area contributed by atoms with Gasteiger partial charge in [0, 0.05) is 48.5 Å². The number of ether oxygens (including phenoxy) is 1. The van der Waals surface area contributed by atoms with E-state index in [1.54, 1.807) is 4.90 Å². The molecule has 1 N–H and O–H groups in total. The Morgan fingerprint density at radius 3 is 2.93 bits per heavy atom. The van der Waals surface area contributed by atoms with Gasteiger partial charge in [-0.25, -0.2) is 0 Å². The van der Waals surface area contributed by atoms with Crippen LogP contribution < -0.4 is 10.1 Å². The molecular weight excluding hydrogens is 388 g/mol. The molecule has 2 heterocycles. The van der Waals surface area contributed by atoms with Gasteiger partial charge in [0.25, 0.3) is 0 Å². The Morgan fingerprint density at radius 1 is 1.28 bits per heavy atom. The number of nitrogens with one attached hydrogen (secondary N) is 1. The molecule has 1 saturated heterocycles. The van der Waals surface area contributed by atoms with Gasteiger partial charge in [0.05, 0.1) is 12.6 Å². The quantitative estimate of drug-likeness (QED) is 0.797. The van der Waals surface area contributed by atoms with Crippen molar-refractivity contribution in [3.8, 4) is 16.9 Å². The van der Waals surface area contributed by atoms with E-state index in [2.05, 4.69) is 17.4 Å². The molecule has 2 aliphatic heterocycles. The zero-order valence-electron chi connectivity index (χ0n) is 16.5.